The third-order valence-corrected chi connectivity index (χ3v) is 3.06. The predicted octanol–water partition coefficient (Wildman–Crippen LogP) is 3.27. The maximum absolute atomic E-state index is 10.9. The molecule has 0 unspecified atom stereocenters. The molecule has 59 valence electrons. The molecule has 0 amide bonds. The van der Waals surface area contributed by atoms with Crippen molar-refractivity contribution in [2.75, 3.05) is 12.5 Å². The zero-order chi connectivity index (χ0) is 8.27. The molecule has 1 nitrogen and oxygen atoms in total. The van der Waals surface area contributed by atoms with Gasteiger partial charge in [0.15, 0.2) is 5.75 Å². The topological polar surface area (TPSA) is 19.9 Å². The molecular weight excluding hydrogens is 176 g/mol. The lowest BCUT2D eigenvalue weighted by atomic mass is 10.3. The first kappa shape index (κ1) is 8.81. The molecule has 1 rings (SSSR count). The highest BCUT2D eigenvalue weighted by Gasteiger charge is 2.01. The van der Waals surface area contributed by atoms with E-state index in [1.165, 1.54) is 4.90 Å². The summed E-state index contributed by atoms with van der Waals surface area (Å²) in [5.74, 6) is 0.0900. The summed E-state index contributed by atoms with van der Waals surface area (Å²) in [6.07, 6.45) is 3.99. The van der Waals surface area contributed by atoms with Crippen LogP contribution in [0.2, 0.25) is 0 Å². The van der Waals surface area contributed by atoms with Crippen LogP contribution in [0.3, 0.4) is 0 Å². The van der Waals surface area contributed by atoms with Gasteiger partial charge in [-0.05, 0) is 24.6 Å². The summed E-state index contributed by atoms with van der Waals surface area (Å²) in [5.41, 5.74) is 0. The molecule has 1 aromatic rings. The Labute approximate surface area is 75.2 Å². The monoisotopic (exact) mass is 185 g/mol. The van der Waals surface area contributed by atoms with Crippen molar-refractivity contribution in [1.29, 1.82) is 0 Å². The Morgan fingerprint density at radius 1 is 1.09 bits per heavy atom. The van der Waals surface area contributed by atoms with E-state index in [0.717, 1.165) is 4.90 Å². The molecule has 0 aromatic heterocycles. The fourth-order valence-electron chi connectivity index (χ4n) is 0.817. The second kappa shape index (κ2) is 3.93. The molecule has 11 heavy (non-hydrogen) atoms. The fraction of sp³-hybridized carbons (Fsp3) is 0.250. The molecule has 1 radical (unpaired) electrons. The van der Waals surface area contributed by atoms with Crippen LogP contribution in [-0.4, -0.2) is 12.5 Å². The summed E-state index contributed by atoms with van der Waals surface area (Å²) in [7, 11) is 0. The summed E-state index contributed by atoms with van der Waals surface area (Å²) in [4.78, 5) is 2.25. The van der Waals surface area contributed by atoms with E-state index >= 15 is 0 Å². The zero-order valence-corrected chi connectivity index (χ0v) is 8.09. The van der Waals surface area contributed by atoms with Crippen molar-refractivity contribution < 1.29 is 5.11 Å². The molecule has 1 aromatic carbocycles. The minimum absolute atomic E-state index is 0.0900. The Bertz CT molecular complexity index is 248. The molecule has 0 spiro atoms. The van der Waals surface area contributed by atoms with Gasteiger partial charge in [-0.3, -0.25) is 5.11 Å². The van der Waals surface area contributed by atoms with Gasteiger partial charge in [0, 0.05) is 15.9 Å². The van der Waals surface area contributed by atoms with Gasteiger partial charge in [-0.15, -0.1) is 23.5 Å². The first-order chi connectivity index (χ1) is 5.27. The Kier molecular flexibility index (Phi) is 3.15. The molecule has 0 heterocycles. The summed E-state index contributed by atoms with van der Waals surface area (Å²) in [6.45, 7) is 0. The van der Waals surface area contributed by atoms with Gasteiger partial charge in [-0.2, -0.15) is 0 Å². The Morgan fingerprint density at radius 3 is 2.27 bits per heavy atom. The number of rotatable bonds is 2. The van der Waals surface area contributed by atoms with Crippen molar-refractivity contribution in [2.45, 2.75) is 9.79 Å². The van der Waals surface area contributed by atoms with E-state index in [1.54, 1.807) is 35.7 Å². The highest BCUT2D eigenvalue weighted by atomic mass is 32.2. The number of thioether (sulfide) groups is 2. The average Bonchev–Trinajstić information content (AvgIpc) is 2.04. The summed E-state index contributed by atoms with van der Waals surface area (Å²) < 4.78 is 0. The summed E-state index contributed by atoms with van der Waals surface area (Å²) in [5, 5.41) is 10.9. The van der Waals surface area contributed by atoms with Crippen molar-refractivity contribution in [3.05, 3.63) is 18.2 Å². The van der Waals surface area contributed by atoms with Crippen LogP contribution in [0.4, 0.5) is 0 Å². The standard InChI is InChI=1S/C8H9OS2/c1-10-7-4-3-6(9)5-8(7)11-2/h3-5H,1-2H3. The van der Waals surface area contributed by atoms with Crippen molar-refractivity contribution in [2.24, 2.45) is 0 Å². The van der Waals surface area contributed by atoms with Crippen LogP contribution in [0.25, 0.3) is 0 Å². The van der Waals surface area contributed by atoms with Crippen LogP contribution in [0, 0.1) is 0 Å². The normalized spacial score (nSPS) is 10.0. The van der Waals surface area contributed by atoms with Gasteiger partial charge in [0.25, 0.3) is 0 Å². The van der Waals surface area contributed by atoms with Crippen LogP contribution in [0.15, 0.2) is 28.0 Å². The zero-order valence-electron chi connectivity index (χ0n) is 6.46. The molecule has 0 N–H and O–H groups in total. The third kappa shape index (κ3) is 2.07. The van der Waals surface area contributed by atoms with Gasteiger partial charge in [-0.1, -0.05) is 0 Å². The van der Waals surface area contributed by atoms with Crippen LogP contribution in [0.5, 0.6) is 5.75 Å². The van der Waals surface area contributed by atoms with Crippen LogP contribution in [-0.2, 0) is 5.11 Å². The number of hydrogen-bond acceptors (Lipinski definition) is 2. The third-order valence-electron chi connectivity index (χ3n) is 1.36. The van der Waals surface area contributed by atoms with Gasteiger partial charge in [-0.25, -0.2) is 0 Å². The molecule has 3 heteroatoms. The Balaban J connectivity index is 3.06. The SMILES string of the molecule is CSc1ccc([O])cc1SC. The second-order valence-corrected chi connectivity index (χ2v) is 3.71. The number of hydrogen-bond donors (Lipinski definition) is 0. The van der Waals surface area contributed by atoms with E-state index in [0.29, 0.717) is 0 Å². The molecular formula is C8H9OS2. The molecule has 0 saturated heterocycles. The largest absolute Gasteiger partial charge is 0.290 e. The minimum Gasteiger partial charge on any atom is -0.290 e. The van der Waals surface area contributed by atoms with Crippen molar-refractivity contribution in [3.63, 3.8) is 0 Å². The molecule has 0 bridgehead atoms. The maximum atomic E-state index is 10.9. The minimum atomic E-state index is 0.0900. The fourth-order valence-corrected chi connectivity index (χ4v) is 2.28. The van der Waals surface area contributed by atoms with Gasteiger partial charge in [0.1, 0.15) is 0 Å². The van der Waals surface area contributed by atoms with Gasteiger partial charge < -0.3 is 0 Å². The highest BCUT2D eigenvalue weighted by Crippen LogP contribution is 2.30. The maximum Gasteiger partial charge on any atom is 0.179 e. The molecule has 0 fully saturated rings. The second-order valence-electron chi connectivity index (χ2n) is 2.02. The lowest BCUT2D eigenvalue weighted by Crippen LogP contribution is -1.75. The number of benzene rings is 1. The van der Waals surface area contributed by atoms with E-state index in [9.17, 15) is 5.11 Å². The smallest absolute Gasteiger partial charge is 0.179 e. The van der Waals surface area contributed by atoms with Gasteiger partial charge in [0.05, 0.1) is 0 Å². The van der Waals surface area contributed by atoms with E-state index in [4.69, 9.17) is 0 Å². The van der Waals surface area contributed by atoms with Crippen molar-refractivity contribution in [3.8, 4) is 5.75 Å². The van der Waals surface area contributed by atoms with E-state index in [2.05, 4.69) is 0 Å². The Hall–Kier alpha value is -0.280. The van der Waals surface area contributed by atoms with E-state index in [-0.39, 0.29) is 5.75 Å². The summed E-state index contributed by atoms with van der Waals surface area (Å²) >= 11 is 3.28. The van der Waals surface area contributed by atoms with Crippen LogP contribution >= 0.6 is 23.5 Å². The van der Waals surface area contributed by atoms with Crippen LogP contribution < -0.4 is 0 Å². The van der Waals surface area contributed by atoms with Crippen molar-refractivity contribution in [1.82, 2.24) is 0 Å². The first-order valence-electron chi connectivity index (χ1n) is 3.17. The predicted molar refractivity (Wildman–Crippen MR) is 50.1 cm³/mol. The van der Waals surface area contributed by atoms with Gasteiger partial charge >= 0.3 is 0 Å². The molecule has 0 atom stereocenters. The quantitative estimate of drug-likeness (QED) is 0.659. The van der Waals surface area contributed by atoms with E-state index < -0.39 is 0 Å². The average molecular weight is 185 g/mol. The molecule has 0 aliphatic carbocycles. The molecule has 0 aliphatic rings. The van der Waals surface area contributed by atoms with Gasteiger partial charge in [0.2, 0.25) is 0 Å². The lowest BCUT2D eigenvalue weighted by Gasteiger charge is -2.02. The molecule has 0 saturated carbocycles. The van der Waals surface area contributed by atoms with Crippen molar-refractivity contribution >= 4 is 23.5 Å². The molecule has 0 aliphatic heterocycles. The Morgan fingerprint density at radius 2 is 1.73 bits per heavy atom. The first-order valence-corrected chi connectivity index (χ1v) is 5.62. The van der Waals surface area contributed by atoms with E-state index in [1.807, 2.05) is 18.6 Å². The summed E-state index contributed by atoms with van der Waals surface area (Å²) in [6, 6.07) is 5.15. The lowest BCUT2D eigenvalue weighted by molar-refractivity contribution is 0.353. The highest BCUT2D eigenvalue weighted by molar-refractivity contribution is 8.01. The van der Waals surface area contributed by atoms with Crippen LogP contribution in [0.1, 0.15) is 0 Å².